The van der Waals surface area contributed by atoms with E-state index in [1.807, 2.05) is 0 Å². The Bertz CT molecular complexity index is 541. The molecule has 1 heterocycles. The first-order valence-corrected chi connectivity index (χ1v) is 6.26. The van der Waals surface area contributed by atoms with Crippen molar-refractivity contribution in [1.29, 1.82) is 0 Å². The number of hydrogen-bond donors (Lipinski definition) is 0. The number of rotatable bonds is 4. The molecule has 0 amide bonds. The molecular weight excluding hydrogens is 256 g/mol. The van der Waals surface area contributed by atoms with Crippen molar-refractivity contribution < 1.29 is 22.7 Å². The fourth-order valence-corrected chi connectivity index (χ4v) is 2.63. The van der Waals surface area contributed by atoms with Crippen molar-refractivity contribution in [2.75, 3.05) is 6.61 Å². The Morgan fingerprint density at radius 1 is 1.69 bits per heavy atom. The van der Waals surface area contributed by atoms with Crippen LogP contribution in [0.1, 0.15) is 17.4 Å². The smallest absolute Gasteiger partial charge is 0.359 e. The van der Waals surface area contributed by atoms with Crippen molar-refractivity contribution >= 4 is 33.6 Å². The molecule has 0 aromatic carbocycles. The molecule has 0 bridgehead atoms. The molecule has 0 spiro atoms. The highest BCUT2D eigenvalue weighted by Crippen LogP contribution is 2.19. The van der Waals surface area contributed by atoms with Gasteiger partial charge in [-0.1, -0.05) is 4.40 Å². The Hall–Kier alpha value is -1.57. The Morgan fingerprint density at radius 2 is 2.38 bits per heavy atom. The maximum atomic E-state index is 11.4. The zero-order valence-corrected chi connectivity index (χ0v) is 9.67. The molecule has 9 heteroatoms. The van der Waals surface area contributed by atoms with Crippen LogP contribution in [-0.2, 0) is 19.6 Å². The topological polar surface area (TPSA) is 103 Å². The second kappa shape index (κ2) is 4.97. The molecule has 0 radical (unpaired) electrons. The van der Waals surface area contributed by atoms with Crippen molar-refractivity contribution in [1.82, 2.24) is 4.37 Å². The van der Waals surface area contributed by atoms with Gasteiger partial charge < -0.3 is 4.74 Å². The fraction of sp³-hybridized carbons (Fsp3) is 0.286. The van der Waals surface area contributed by atoms with E-state index in [9.17, 15) is 18.0 Å². The predicted molar refractivity (Wildman–Crippen MR) is 53.4 cm³/mol. The van der Waals surface area contributed by atoms with Crippen LogP contribution in [0, 0.1) is 0 Å². The minimum atomic E-state index is -4.21. The van der Waals surface area contributed by atoms with E-state index < -0.39 is 20.9 Å². The molecule has 1 aromatic heterocycles. The van der Waals surface area contributed by atoms with Crippen LogP contribution < -0.4 is 0 Å². The zero-order valence-electron chi connectivity index (χ0n) is 8.04. The van der Waals surface area contributed by atoms with E-state index in [2.05, 4.69) is 13.5 Å². The molecule has 0 saturated carbocycles. The molecule has 0 aliphatic heterocycles. The number of carbonyl (C=O) groups is 1. The van der Waals surface area contributed by atoms with Crippen LogP contribution in [-0.4, -0.2) is 31.4 Å². The molecule has 86 valence electrons. The third-order valence-corrected chi connectivity index (χ3v) is 3.40. The lowest BCUT2D eigenvalue weighted by molar-refractivity contribution is 0.0516. The van der Waals surface area contributed by atoms with Crippen molar-refractivity contribution in [2.45, 2.75) is 11.8 Å². The number of ether oxygens (including phenoxy) is 1. The first-order valence-electron chi connectivity index (χ1n) is 3.98. The lowest BCUT2D eigenvalue weighted by atomic mass is 10.4. The lowest BCUT2D eigenvalue weighted by Gasteiger charge is -1.99. The minimum Gasteiger partial charge on any atom is -0.461 e. The van der Waals surface area contributed by atoms with E-state index in [0.29, 0.717) is 0 Å². The van der Waals surface area contributed by atoms with Gasteiger partial charge in [-0.25, -0.2) is 9.59 Å². The Balaban J connectivity index is 3.23. The van der Waals surface area contributed by atoms with Gasteiger partial charge in [-0.3, -0.25) is 0 Å². The second-order valence-electron chi connectivity index (χ2n) is 2.41. The summed E-state index contributed by atoms with van der Waals surface area (Å²) in [4.78, 5) is 20.8. The van der Waals surface area contributed by atoms with E-state index in [1.54, 1.807) is 6.92 Å². The van der Waals surface area contributed by atoms with Gasteiger partial charge in [0.25, 0.3) is 16.1 Å². The summed E-state index contributed by atoms with van der Waals surface area (Å²) in [6, 6.07) is 0. The van der Waals surface area contributed by atoms with E-state index in [0.717, 1.165) is 23.0 Å². The normalized spacial score (nSPS) is 10.6. The van der Waals surface area contributed by atoms with E-state index >= 15 is 0 Å². The fourth-order valence-electron chi connectivity index (χ4n) is 0.846. The molecule has 0 N–H and O–H groups in total. The van der Waals surface area contributed by atoms with Crippen LogP contribution in [0.5, 0.6) is 0 Å². The highest BCUT2D eigenvalue weighted by atomic mass is 32.2. The molecule has 16 heavy (non-hydrogen) atoms. The number of sulfonamides is 1. The third-order valence-electron chi connectivity index (χ3n) is 1.44. The number of hydrogen-bond acceptors (Lipinski definition) is 7. The van der Waals surface area contributed by atoms with E-state index in [1.165, 1.54) is 0 Å². The van der Waals surface area contributed by atoms with Gasteiger partial charge in [0.2, 0.25) is 0 Å². The highest BCUT2D eigenvalue weighted by Gasteiger charge is 2.25. The number of carbonyl (C=O) groups excluding carboxylic acids is 2. The third kappa shape index (κ3) is 2.51. The molecule has 0 saturated heterocycles. The molecule has 7 nitrogen and oxygen atoms in total. The maximum Gasteiger partial charge on any atom is 0.359 e. The summed E-state index contributed by atoms with van der Waals surface area (Å²) < 4.78 is 33.5. The van der Waals surface area contributed by atoms with Crippen molar-refractivity contribution in [2.24, 2.45) is 4.40 Å². The Kier molecular flexibility index (Phi) is 3.88. The van der Waals surface area contributed by atoms with Crippen LogP contribution in [0.3, 0.4) is 0 Å². The summed E-state index contributed by atoms with van der Waals surface area (Å²) in [6.07, 6.45) is 0.906. The van der Waals surface area contributed by atoms with Gasteiger partial charge in [0, 0.05) is 5.38 Å². The van der Waals surface area contributed by atoms with Gasteiger partial charge >= 0.3 is 5.97 Å². The van der Waals surface area contributed by atoms with Crippen molar-refractivity contribution in [3.63, 3.8) is 0 Å². The van der Waals surface area contributed by atoms with Crippen LogP contribution in [0.25, 0.3) is 0 Å². The van der Waals surface area contributed by atoms with Crippen LogP contribution in [0.4, 0.5) is 0 Å². The van der Waals surface area contributed by atoms with Gasteiger partial charge in [0.05, 0.1) is 6.61 Å². The molecule has 0 atom stereocenters. The second-order valence-corrected chi connectivity index (χ2v) is 4.61. The van der Waals surface area contributed by atoms with Gasteiger partial charge in [0.1, 0.15) is 4.90 Å². The average molecular weight is 262 g/mol. The van der Waals surface area contributed by atoms with Crippen molar-refractivity contribution in [3.8, 4) is 0 Å². The summed E-state index contributed by atoms with van der Waals surface area (Å²) >= 11 is 0.753. The summed E-state index contributed by atoms with van der Waals surface area (Å²) in [5.41, 5.74) is -0.370. The summed E-state index contributed by atoms with van der Waals surface area (Å²) in [7, 11) is -4.21. The Morgan fingerprint density at radius 3 is 2.94 bits per heavy atom. The number of esters is 1. The maximum absolute atomic E-state index is 11.4. The summed E-state index contributed by atoms with van der Waals surface area (Å²) in [6.45, 7) is 1.66. The first kappa shape index (κ1) is 12.5. The van der Waals surface area contributed by atoms with Crippen molar-refractivity contribution in [3.05, 3.63) is 11.1 Å². The number of nitrogens with zero attached hydrogens (tertiary/aromatic N) is 2. The largest absolute Gasteiger partial charge is 0.461 e. The number of aromatic nitrogens is 1. The molecule has 0 aliphatic rings. The molecule has 1 aromatic rings. The van der Waals surface area contributed by atoms with Gasteiger partial charge in [-0.05, 0) is 18.5 Å². The van der Waals surface area contributed by atoms with Crippen LogP contribution >= 0.6 is 11.5 Å². The predicted octanol–water partition coefficient (Wildman–Crippen LogP) is 0.344. The van der Waals surface area contributed by atoms with Crippen LogP contribution in [0.15, 0.2) is 14.7 Å². The van der Waals surface area contributed by atoms with E-state index in [4.69, 9.17) is 0 Å². The SMILES string of the molecule is CCOC(=O)c1nscc1S(=O)(=O)N=C=O. The lowest BCUT2D eigenvalue weighted by Crippen LogP contribution is -2.10. The van der Waals surface area contributed by atoms with Gasteiger partial charge in [-0.2, -0.15) is 12.8 Å². The zero-order chi connectivity index (χ0) is 12.2. The molecule has 1 rings (SSSR count). The first-order chi connectivity index (χ1) is 7.53. The monoisotopic (exact) mass is 262 g/mol. The molecule has 0 fully saturated rings. The Labute approximate surface area is 95.0 Å². The van der Waals surface area contributed by atoms with Crippen LogP contribution in [0.2, 0.25) is 0 Å². The van der Waals surface area contributed by atoms with Gasteiger partial charge in [0.15, 0.2) is 5.69 Å². The standard InChI is InChI=1S/C7H6N2O5S2/c1-2-14-7(11)6-5(3-15-9-6)16(12,13)8-4-10/h3H,2H2,1H3. The minimum absolute atomic E-state index is 0.0901. The molecule has 0 aliphatic carbocycles. The summed E-state index contributed by atoms with van der Waals surface area (Å²) in [5, 5.41) is 1.10. The summed E-state index contributed by atoms with van der Waals surface area (Å²) in [5.74, 6) is -0.872. The molecular formula is C7H6N2O5S2. The quantitative estimate of drug-likeness (QED) is 0.440. The molecule has 0 unspecified atom stereocenters. The highest BCUT2D eigenvalue weighted by molar-refractivity contribution is 7.90. The number of isocyanates is 1. The van der Waals surface area contributed by atoms with Gasteiger partial charge in [-0.15, -0.1) is 0 Å². The van der Waals surface area contributed by atoms with E-state index in [-0.39, 0.29) is 12.3 Å². The average Bonchev–Trinajstić information content (AvgIpc) is 2.66.